The summed E-state index contributed by atoms with van der Waals surface area (Å²) < 4.78 is 5.66. The zero-order chi connectivity index (χ0) is 8.77. The summed E-state index contributed by atoms with van der Waals surface area (Å²) in [5.41, 5.74) is 0.327. The van der Waals surface area contributed by atoms with Crippen molar-refractivity contribution in [2.45, 2.75) is 51.3 Å². The lowest BCUT2D eigenvalue weighted by molar-refractivity contribution is -0.146. The zero-order valence-corrected chi connectivity index (χ0v) is 8.34. The number of ether oxygens (including phenoxy) is 1. The molecule has 1 unspecified atom stereocenters. The van der Waals surface area contributed by atoms with Gasteiger partial charge in [-0.3, -0.25) is 4.90 Å². The van der Waals surface area contributed by atoms with Crippen LogP contribution < -0.4 is 0 Å². The summed E-state index contributed by atoms with van der Waals surface area (Å²) in [6.45, 7) is 8.94. The summed E-state index contributed by atoms with van der Waals surface area (Å²) in [7, 11) is 0. The molecular formula is C10H19NO. The van der Waals surface area contributed by atoms with Gasteiger partial charge in [0.15, 0.2) is 0 Å². The number of morpholine rings is 1. The van der Waals surface area contributed by atoms with E-state index in [4.69, 9.17) is 4.74 Å². The molecule has 2 aliphatic rings. The number of nitrogens with zero attached hydrogens (tertiary/aromatic N) is 1. The second-order valence-electron chi connectivity index (χ2n) is 4.92. The Morgan fingerprint density at radius 2 is 2.00 bits per heavy atom. The van der Waals surface area contributed by atoms with Gasteiger partial charge in [0.25, 0.3) is 0 Å². The molecule has 0 aromatic rings. The SMILES string of the molecule is CC(C)(C)N1CCO[C@@H]2CCC21. The van der Waals surface area contributed by atoms with Gasteiger partial charge in [-0.05, 0) is 33.6 Å². The molecule has 2 fully saturated rings. The van der Waals surface area contributed by atoms with Crippen LogP contribution in [0.4, 0.5) is 0 Å². The lowest BCUT2D eigenvalue weighted by Crippen LogP contribution is -2.62. The maximum atomic E-state index is 5.66. The molecule has 2 heteroatoms. The molecule has 70 valence electrons. The molecule has 1 aliphatic carbocycles. The average molecular weight is 169 g/mol. The van der Waals surface area contributed by atoms with Crippen LogP contribution in [0.1, 0.15) is 33.6 Å². The van der Waals surface area contributed by atoms with E-state index in [1.807, 2.05) is 0 Å². The smallest absolute Gasteiger partial charge is 0.0731 e. The van der Waals surface area contributed by atoms with Crippen molar-refractivity contribution in [3.63, 3.8) is 0 Å². The van der Waals surface area contributed by atoms with E-state index in [1.165, 1.54) is 12.8 Å². The van der Waals surface area contributed by atoms with E-state index in [-0.39, 0.29) is 0 Å². The highest BCUT2D eigenvalue weighted by Crippen LogP contribution is 2.35. The Morgan fingerprint density at radius 3 is 2.42 bits per heavy atom. The Bertz CT molecular complexity index is 173. The van der Waals surface area contributed by atoms with Crippen molar-refractivity contribution >= 4 is 0 Å². The van der Waals surface area contributed by atoms with Gasteiger partial charge >= 0.3 is 0 Å². The summed E-state index contributed by atoms with van der Waals surface area (Å²) >= 11 is 0. The molecule has 1 aliphatic heterocycles. The van der Waals surface area contributed by atoms with Crippen molar-refractivity contribution in [1.82, 2.24) is 4.90 Å². The molecule has 0 bridgehead atoms. The third kappa shape index (κ3) is 1.27. The molecular weight excluding hydrogens is 150 g/mol. The van der Waals surface area contributed by atoms with Crippen molar-refractivity contribution in [2.24, 2.45) is 0 Å². The van der Waals surface area contributed by atoms with Gasteiger partial charge in [-0.1, -0.05) is 0 Å². The molecule has 0 spiro atoms. The first-order valence-electron chi connectivity index (χ1n) is 4.97. The Kier molecular flexibility index (Phi) is 1.92. The number of hydrogen-bond donors (Lipinski definition) is 0. The minimum atomic E-state index is 0.327. The quantitative estimate of drug-likeness (QED) is 0.546. The Labute approximate surface area is 74.9 Å². The Morgan fingerprint density at radius 1 is 1.25 bits per heavy atom. The van der Waals surface area contributed by atoms with E-state index in [0.717, 1.165) is 19.2 Å². The van der Waals surface area contributed by atoms with Crippen molar-refractivity contribution in [3.8, 4) is 0 Å². The second kappa shape index (κ2) is 2.71. The summed E-state index contributed by atoms with van der Waals surface area (Å²) in [5.74, 6) is 0. The maximum absolute atomic E-state index is 5.66. The van der Waals surface area contributed by atoms with Crippen molar-refractivity contribution in [3.05, 3.63) is 0 Å². The molecule has 1 heterocycles. The summed E-state index contributed by atoms with van der Waals surface area (Å²) in [5, 5.41) is 0. The largest absolute Gasteiger partial charge is 0.375 e. The van der Waals surface area contributed by atoms with E-state index in [0.29, 0.717) is 11.6 Å². The average Bonchev–Trinajstić information content (AvgIpc) is 1.88. The Balaban J connectivity index is 2.05. The molecule has 12 heavy (non-hydrogen) atoms. The van der Waals surface area contributed by atoms with Crippen LogP contribution in [0.15, 0.2) is 0 Å². The molecule has 2 nitrogen and oxygen atoms in total. The number of fused-ring (bicyclic) bond motifs is 1. The predicted octanol–water partition coefficient (Wildman–Crippen LogP) is 1.65. The normalized spacial score (nSPS) is 37.2. The van der Waals surface area contributed by atoms with Crippen LogP contribution in [0.25, 0.3) is 0 Å². The molecule has 0 amide bonds. The van der Waals surface area contributed by atoms with Gasteiger partial charge in [-0.2, -0.15) is 0 Å². The van der Waals surface area contributed by atoms with Crippen LogP contribution in [-0.2, 0) is 4.74 Å². The van der Waals surface area contributed by atoms with Crippen LogP contribution in [0, 0.1) is 0 Å². The van der Waals surface area contributed by atoms with Gasteiger partial charge in [0.05, 0.1) is 12.7 Å². The lowest BCUT2D eigenvalue weighted by atomic mass is 9.83. The standard InChI is InChI=1S/C10H19NO/c1-10(2,3)11-6-7-12-9-5-4-8(9)11/h8-9H,4-7H2,1-3H3/t8?,9-/m1/s1. The maximum Gasteiger partial charge on any atom is 0.0731 e. The van der Waals surface area contributed by atoms with Gasteiger partial charge in [-0.25, -0.2) is 0 Å². The van der Waals surface area contributed by atoms with E-state index in [2.05, 4.69) is 25.7 Å². The topological polar surface area (TPSA) is 12.5 Å². The molecule has 1 saturated heterocycles. The minimum absolute atomic E-state index is 0.327. The number of hydrogen-bond acceptors (Lipinski definition) is 2. The third-order valence-corrected chi connectivity index (χ3v) is 3.10. The fourth-order valence-electron chi connectivity index (χ4n) is 2.30. The monoisotopic (exact) mass is 169 g/mol. The predicted molar refractivity (Wildman–Crippen MR) is 49.2 cm³/mol. The lowest BCUT2D eigenvalue weighted by Gasteiger charge is -2.53. The van der Waals surface area contributed by atoms with Crippen LogP contribution in [-0.4, -0.2) is 35.7 Å². The Hall–Kier alpha value is -0.0800. The third-order valence-electron chi connectivity index (χ3n) is 3.10. The highest BCUT2D eigenvalue weighted by atomic mass is 16.5. The van der Waals surface area contributed by atoms with Crippen LogP contribution in [0.2, 0.25) is 0 Å². The van der Waals surface area contributed by atoms with Gasteiger partial charge in [0, 0.05) is 18.1 Å². The highest BCUT2D eigenvalue weighted by Gasteiger charge is 2.43. The first-order valence-corrected chi connectivity index (χ1v) is 4.97. The van der Waals surface area contributed by atoms with Gasteiger partial charge in [0.1, 0.15) is 0 Å². The highest BCUT2D eigenvalue weighted by molar-refractivity contribution is 4.97. The minimum Gasteiger partial charge on any atom is -0.375 e. The molecule has 2 atom stereocenters. The molecule has 0 N–H and O–H groups in total. The second-order valence-corrected chi connectivity index (χ2v) is 4.92. The van der Waals surface area contributed by atoms with E-state index in [9.17, 15) is 0 Å². The molecule has 1 saturated carbocycles. The molecule has 0 aromatic carbocycles. The summed E-state index contributed by atoms with van der Waals surface area (Å²) in [4.78, 5) is 2.60. The van der Waals surface area contributed by atoms with Gasteiger partial charge < -0.3 is 4.74 Å². The van der Waals surface area contributed by atoms with Crippen molar-refractivity contribution in [1.29, 1.82) is 0 Å². The van der Waals surface area contributed by atoms with Gasteiger partial charge in [0.2, 0.25) is 0 Å². The fourth-order valence-corrected chi connectivity index (χ4v) is 2.30. The summed E-state index contributed by atoms with van der Waals surface area (Å²) in [6, 6.07) is 0.721. The molecule has 2 rings (SSSR count). The summed E-state index contributed by atoms with van der Waals surface area (Å²) in [6.07, 6.45) is 3.16. The van der Waals surface area contributed by atoms with E-state index >= 15 is 0 Å². The molecule has 0 aromatic heterocycles. The van der Waals surface area contributed by atoms with Gasteiger partial charge in [-0.15, -0.1) is 0 Å². The van der Waals surface area contributed by atoms with E-state index in [1.54, 1.807) is 0 Å². The number of rotatable bonds is 0. The first-order chi connectivity index (χ1) is 5.59. The zero-order valence-electron chi connectivity index (χ0n) is 8.34. The van der Waals surface area contributed by atoms with Crippen molar-refractivity contribution in [2.75, 3.05) is 13.2 Å². The van der Waals surface area contributed by atoms with E-state index < -0.39 is 0 Å². The van der Waals surface area contributed by atoms with Crippen LogP contribution >= 0.6 is 0 Å². The van der Waals surface area contributed by atoms with Crippen LogP contribution in [0.5, 0.6) is 0 Å². The van der Waals surface area contributed by atoms with Crippen molar-refractivity contribution < 1.29 is 4.74 Å². The molecule has 0 radical (unpaired) electrons. The fraction of sp³-hybridized carbons (Fsp3) is 1.00. The van der Waals surface area contributed by atoms with Crippen LogP contribution in [0.3, 0.4) is 0 Å². The first kappa shape index (κ1) is 8.52.